The van der Waals surface area contributed by atoms with Crippen LogP contribution >= 0.6 is 11.3 Å². The van der Waals surface area contributed by atoms with Gasteiger partial charge in [0, 0.05) is 30.2 Å². The van der Waals surface area contributed by atoms with E-state index in [1.54, 1.807) is 11.3 Å². The van der Waals surface area contributed by atoms with Crippen molar-refractivity contribution in [2.24, 2.45) is 0 Å². The molecule has 19 heavy (non-hydrogen) atoms. The minimum absolute atomic E-state index is 0.954. The molecule has 2 aromatic rings. The molecule has 1 aliphatic rings. The van der Waals surface area contributed by atoms with E-state index in [-0.39, 0.29) is 0 Å². The fourth-order valence-corrected chi connectivity index (χ4v) is 3.48. The van der Waals surface area contributed by atoms with Gasteiger partial charge in [0.2, 0.25) is 0 Å². The fraction of sp³-hybridized carbons (Fsp3) is 0.400. The fourth-order valence-electron chi connectivity index (χ4n) is 2.71. The second-order valence-corrected chi connectivity index (χ2v) is 6.06. The molecule has 1 aromatic heterocycles. The van der Waals surface area contributed by atoms with Gasteiger partial charge in [0.15, 0.2) is 0 Å². The lowest BCUT2D eigenvalue weighted by atomic mass is 9.98. The molecule has 0 atom stereocenters. The van der Waals surface area contributed by atoms with Crippen LogP contribution < -0.4 is 5.73 Å². The Morgan fingerprint density at radius 1 is 1.42 bits per heavy atom. The van der Waals surface area contributed by atoms with Crippen LogP contribution in [0.15, 0.2) is 23.7 Å². The van der Waals surface area contributed by atoms with E-state index < -0.39 is 0 Å². The molecule has 0 fully saturated rings. The lowest BCUT2D eigenvalue weighted by molar-refractivity contribution is 0.258. The van der Waals surface area contributed by atoms with E-state index in [9.17, 15) is 0 Å². The molecular formula is C15H19N3S. The van der Waals surface area contributed by atoms with Gasteiger partial charge in [0.05, 0.1) is 11.2 Å². The first kappa shape index (κ1) is 12.6. The third-order valence-corrected chi connectivity index (χ3v) is 4.88. The number of hydrogen-bond acceptors (Lipinski definition) is 4. The zero-order valence-electron chi connectivity index (χ0n) is 11.2. The number of benzene rings is 1. The average Bonchev–Trinajstić information content (AvgIpc) is 2.82. The molecule has 0 bridgehead atoms. The number of fused-ring (bicyclic) bond motifs is 1. The van der Waals surface area contributed by atoms with Crippen molar-refractivity contribution in [1.29, 1.82) is 0 Å². The van der Waals surface area contributed by atoms with E-state index in [4.69, 9.17) is 5.73 Å². The highest BCUT2D eigenvalue weighted by atomic mass is 32.1. The topological polar surface area (TPSA) is 42.2 Å². The number of anilines is 1. The van der Waals surface area contributed by atoms with Gasteiger partial charge in [0.25, 0.3) is 0 Å². The van der Waals surface area contributed by atoms with Gasteiger partial charge in [-0.25, -0.2) is 4.98 Å². The Kier molecular flexibility index (Phi) is 3.53. The number of thiazole rings is 1. The Hall–Kier alpha value is -1.39. The van der Waals surface area contributed by atoms with E-state index in [0.29, 0.717) is 0 Å². The van der Waals surface area contributed by atoms with Crippen molar-refractivity contribution in [3.8, 4) is 0 Å². The Balaban J connectivity index is 1.65. The molecule has 0 unspecified atom stereocenters. The van der Waals surface area contributed by atoms with E-state index in [2.05, 4.69) is 28.9 Å². The van der Waals surface area contributed by atoms with Crippen LogP contribution in [0.2, 0.25) is 0 Å². The third kappa shape index (κ3) is 2.65. The highest BCUT2D eigenvalue weighted by molar-refractivity contribution is 7.09. The van der Waals surface area contributed by atoms with Gasteiger partial charge in [0.1, 0.15) is 0 Å². The average molecular weight is 273 g/mol. The van der Waals surface area contributed by atoms with E-state index in [1.165, 1.54) is 21.7 Å². The van der Waals surface area contributed by atoms with E-state index >= 15 is 0 Å². The predicted molar refractivity (Wildman–Crippen MR) is 80.4 cm³/mol. The molecule has 0 saturated heterocycles. The zero-order chi connectivity index (χ0) is 13.2. The molecule has 100 valence electrons. The van der Waals surface area contributed by atoms with Crippen molar-refractivity contribution < 1.29 is 0 Å². The summed E-state index contributed by atoms with van der Waals surface area (Å²) >= 11 is 1.77. The molecule has 0 saturated carbocycles. The lowest BCUT2D eigenvalue weighted by Gasteiger charge is -2.29. The number of nitrogens with two attached hydrogens (primary N) is 1. The van der Waals surface area contributed by atoms with Crippen LogP contribution in [0.5, 0.6) is 0 Å². The smallest absolute Gasteiger partial charge is 0.0797 e. The van der Waals surface area contributed by atoms with Crippen LogP contribution in [-0.4, -0.2) is 23.0 Å². The van der Waals surface area contributed by atoms with Crippen molar-refractivity contribution in [1.82, 2.24) is 9.88 Å². The van der Waals surface area contributed by atoms with Gasteiger partial charge in [-0.2, -0.15) is 0 Å². The van der Waals surface area contributed by atoms with Crippen LogP contribution in [0, 0.1) is 6.92 Å². The Morgan fingerprint density at radius 2 is 2.32 bits per heavy atom. The predicted octanol–water partition coefficient (Wildman–Crippen LogP) is 2.63. The standard InChI is InChI=1S/C15H19N3S/c1-11-15(19-10-17-11)6-8-18-7-5-13-12(9-18)3-2-4-14(13)16/h2-4,10H,5-9,16H2,1H3. The van der Waals surface area contributed by atoms with Crippen molar-refractivity contribution in [3.63, 3.8) is 0 Å². The van der Waals surface area contributed by atoms with Crippen LogP contribution in [0.25, 0.3) is 0 Å². The molecule has 4 heteroatoms. The van der Waals surface area contributed by atoms with Crippen LogP contribution in [0.4, 0.5) is 5.69 Å². The minimum atomic E-state index is 0.954. The normalized spacial score (nSPS) is 15.4. The van der Waals surface area contributed by atoms with Gasteiger partial charge < -0.3 is 5.73 Å². The summed E-state index contributed by atoms with van der Waals surface area (Å²) in [4.78, 5) is 8.24. The quantitative estimate of drug-likeness (QED) is 0.874. The van der Waals surface area contributed by atoms with Gasteiger partial charge >= 0.3 is 0 Å². The van der Waals surface area contributed by atoms with Crippen molar-refractivity contribution in [3.05, 3.63) is 45.4 Å². The molecule has 3 rings (SSSR count). The van der Waals surface area contributed by atoms with Crippen molar-refractivity contribution in [2.75, 3.05) is 18.8 Å². The van der Waals surface area contributed by atoms with Crippen molar-refractivity contribution >= 4 is 17.0 Å². The summed E-state index contributed by atoms with van der Waals surface area (Å²) in [5.74, 6) is 0. The number of hydrogen-bond donors (Lipinski definition) is 1. The maximum absolute atomic E-state index is 6.03. The lowest BCUT2D eigenvalue weighted by Crippen LogP contribution is -2.32. The number of nitrogens with zero attached hydrogens (tertiary/aromatic N) is 2. The zero-order valence-corrected chi connectivity index (χ0v) is 12.0. The van der Waals surface area contributed by atoms with Gasteiger partial charge in [-0.1, -0.05) is 12.1 Å². The number of rotatable bonds is 3. The van der Waals surface area contributed by atoms with Crippen LogP contribution in [0.1, 0.15) is 21.7 Å². The molecule has 0 aliphatic carbocycles. The molecule has 2 N–H and O–H groups in total. The molecule has 0 amide bonds. The Morgan fingerprint density at radius 3 is 3.11 bits per heavy atom. The second-order valence-electron chi connectivity index (χ2n) is 5.12. The maximum Gasteiger partial charge on any atom is 0.0797 e. The highest BCUT2D eigenvalue weighted by Gasteiger charge is 2.17. The summed E-state index contributed by atoms with van der Waals surface area (Å²) in [7, 11) is 0. The van der Waals surface area contributed by atoms with E-state index in [0.717, 1.165) is 38.2 Å². The second kappa shape index (κ2) is 5.31. The van der Waals surface area contributed by atoms with Crippen molar-refractivity contribution in [2.45, 2.75) is 26.3 Å². The van der Waals surface area contributed by atoms with Gasteiger partial charge in [-0.05, 0) is 37.0 Å². The summed E-state index contributed by atoms with van der Waals surface area (Å²) in [5, 5.41) is 0. The first-order valence-electron chi connectivity index (χ1n) is 6.71. The van der Waals surface area contributed by atoms with Crippen LogP contribution in [0.3, 0.4) is 0 Å². The largest absolute Gasteiger partial charge is 0.398 e. The van der Waals surface area contributed by atoms with E-state index in [1.807, 2.05) is 11.6 Å². The Labute approximate surface area is 118 Å². The minimum Gasteiger partial charge on any atom is -0.398 e. The summed E-state index contributed by atoms with van der Waals surface area (Å²) in [5.41, 5.74) is 12.9. The van der Waals surface area contributed by atoms with Gasteiger partial charge in [-0.3, -0.25) is 4.90 Å². The molecule has 0 spiro atoms. The Bertz CT molecular complexity index is 577. The monoisotopic (exact) mass is 273 g/mol. The SMILES string of the molecule is Cc1ncsc1CCN1CCc2c(N)cccc2C1. The summed E-state index contributed by atoms with van der Waals surface area (Å²) in [6, 6.07) is 6.27. The number of aromatic nitrogens is 1. The number of aryl methyl sites for hydroxylation is 1. The molecular weight excluding hydrogens is 254 g/mol. The van der Waals surface area contributed by atoms with Gasteiger partial charge in [-0.15, -0.1) is 11.3 Å². The molecule has 3 nitrogen and oxygen atoms in total. The molecule has 0 radical (unpaired) electrons. The third-order valence-electron chi connectivity index (χ3n) is 3.88. The first-order valence-corrected chi connectivity index (χ1v) is 7.59. The number of nitrogen functional groups attached to an aromatic ring is 1. The highest BCUT2D eigenvalue weighted by Crippen LogP contribution is 2.24. The van der Waals surface area contributed by atoms with Crippen LogP contribution in [-0.2, 0) is 19.4 Å². The molecule has 2 heterocycles. The summed E-state index contributed by atoms with van der Waals surface area (Å²) < 4.78 is 0. The maximum atomic E-state index is 6.03. The summed E-state index contributed by atoms with van der Waals surface area (Å²) in [6.45, 7) is 5.34. The molecule has 1 aliphatic heterocycles. The first-order chi connectivity index (χ1) is 9.24. The molecule has 1 aromatic carbocycles. The summed E-state index contributed by atoms with van der Waals surface area (Å²) in [6.07, 6.45) is 2.18.